The van der Waals surface area contributed by atoms with E-state index in [9.17, 15) is 14.9 Å². The summed E-state index contributed by atoms with van der Waals surface area (Å²) >= 11 is 0. The zero-order chi connectivity index (χ0) is 22.1. The lowest BCUT2D eigenvalue weighted by molar-refractivity contribution is -0.384. The minimum Gasteiger partial charge on any atom is -0.494 e. The van der Waals surface area contributed by atoms with Gasteiger partial charge in [0, 0.05) is 12.1 Å². The third kappa shape index (κ3) is 6.57. The summed E-state index contributed by atoms with van der Waals surface area (Å²) in [5.74, 6) is 1.38. The van der Waals surface area contributed by atoms with E-state index in [1.165, 1.54) is 24.3 Å². The van der Waals surface area contributed by atoms with Crippen LogP contribution in [0.15, 0.2) is 72.8 Å². The van der Waals surface area contributed by atoms with E-state index in [0.29, 0.717) is 23.7 Å². The van der Waals surface area contributed by atoms with Crippen LogP contribution in [0.1, 0.15) is 35.7 Å². The molecule has 0 fully saturated rings. The maximum Gasteiger partial charge on any atom is 0.338 e. The first-order chi connectivity index (χ1) is 15.0. The van der Waals surface area contributed by atoms with Gasteiger partial charge in [-0.1, -0.05) is 25.5 Å². The lowest BCUT2D eigenvalue weighted by Crippen LogP contribution is -2.05. The number of hydrogen-bond donors (Lipinski definition) is 0. The van der Waals surface area contributed by atoms with Crippen molar-refractivity contribution in [2.45, 2.75) is 26.4 Å². The van der Waals surface area contributed by atoms with Crippen LogP contribution in [0.5, 0.6) is 17.2 Å². The number of benzene rings is 3. The summed E-state index contributed by atoms with van der Waals surface area (Å²) in [6.07, 6.45) is 2.05. The van der Waals surface area contributed by atoms with Crippen molar-refractivity contribution in [2.24, 2.45) is 0 Å². The smallest absolute Gasteiger partial charge is 0.338 e. The maximum absolute atomic E-state index is 12.2. The van der Waals surface area contributed by atoms with Crippen molar-refractivity contribution in [3.63, 3.8) is 0 Å². The zero-order valence-corrected chi connectivity index (χ0v) is 17.2. The normalized spacial score (nSPS) is 10.4. The third-order valence-electron chi connectivity index (χ3n) is 4.43. The van der Waals surface area contributed by atoms with Gasteiger partial charge < -0.3 is 14.2 Å². The molecule has 0 bridgehead atoms. The number of nitrogens with zero attached hydrogens (tertiary/aromatic N) is 1. The van der Waals surface area contributed by atoms with Gasteiger partial charge in [0.05, 0.1) is 17.1 Å². The van der Waals surface area contributed by atoms with E-state index >= 15 is 0 Å². The molecule has 0 atom stereocenters. The molecule has 31 heavy (non-hydrogen) atoms. The van der Waals surface area contributed by atoms with Crippen LogP contribution in [0.2, 0.25) is 0 Å². The van der Waals surface area contributed by atoms with Crippen molar-refractivity contribution in [1.82, 2.24) is 0 Å². The van der Waals surface area contributed by atoms with Gasteiger partial charge in [-0.05, 0) is 60.5 Å². The first-order valence-corrected chi connectivity index (χ1v) is 9.96. The third-order valence-corrected chi connectivity index (χ3v) is 4.43. The summed E-state index contributed by atoms with van der Waals surface area (Å²) in [6, 6.07) is 19.8. The quantitative estimate of drug-likeness (QED) is 0.175. The lowest BCUT2D eigenvalue weighted by Gasteiger charge is -2.09. The number of nitro benzene ring substituents is 1. The number of esters is 1. The fraction of sp³-hybridized carbons (Fsp3) is 0.208. The van der Waals surface area contributed by atoms with Gasteiger partial charge in [0.1, 0.15) is 23.9 Å². The summed E-state index contributed by atoms with van der Waals surface area (Å²) < 4.78 is 16.6. The molecule has 0 spiro atoms. The molecule has 0 amide bonds. The molecule has 0 aromatic heterocycles. The average Bonchev–Trinajstić information content (AvgIpc) is 2.79. The van der Waals surface area contributed by atoms with E-state index < -0.39 is 10.9 Å². The number of non-ortho nitro benzene ring substituents is 1. The standard InChI is InChI=1S/C24H23NO6/c1-2-3-16-29-21-12-6-19(7-13-21)24(26)30-17-18-4-10-22(11-5-18)31-23-14-8-20(9-15-23)25(27)28/h4-15H,2-3,16-17H2,1H3. The molecule has 7 heteroatoms. The largest absolute Gasteiger partial charge is 0.494 e. The van der Waals surface area contributed by atoms with Gasteiger partial charge in [0.15, 0.2) is 0 Å². The predicted molar refractivity (Wildman–Crippen MR) is 116 cm³/mol. The number of hydrogen-bond acceptors (Lipinski definition) is 6. The van der Waals surface area contributed by atoms with Crippen LogP contribution in [-0.2, 0) is 11.3 Å². The van der Waals surface area contributed by atoms with E-state index in [1.54, 1.807) is 48.5 Å². The summed E-state index contributed by atoms with van der Waals surface area (Å²) in [5, 5.41) is 10.7. The number of carbonyl (C=O) groups excluding carboxylic acids is 1. The highest BCUT2D eigenvalue weighted by Crippen LogP contribution is 2.24. The number of rotatable bonds is 10. The molecule has 0 saturated heterocycles. The highest BCUT2D eigenvalue weighted by molar-refractivity contribution is 5.89. The second-order valence-corrected chi connectivity index (χ2v) is 6.80. The van der Waals surface area contributed by atoms with E-state index in [4.69, 9.17) is 14.2 Å². The second-order valence-electron chi connectivity index (χ2n) is 6.80. The molecule has 0 aliphatic carbocycles. The molecule has 7 nitrogen and oxygen atoms in total. The Morgan fingerprint density at radius 2 is 1.45 bits per heavy atom. The van der Waals surface area contributed by atoms with Crippen LogP contribution < -0.4 is 9.47 Å². The number of carbonyl (C=O) groups is 1. The zero-order valence-electron chi connectivity index (χ0n) is 17.2. The molecule has 0 heterocycles. The fourth-order valence-electron chi connectivity index (χ4n) is 2.68. The SMILES string of the molecule is CCCCOc1ccc(C(=O)OCc2ccc(Oc3ccc([N+](=O)[O-])cc3)cc2)cc1. The molecule has 0 aliphatic rings. The topological polar surface area (TPSA) is 87.9 Å². The maximum atomic E-state index is 12.2. The highest BCUT2D eigenvalue weighted by atomic mass is 16.6. The average molecular weight is 421 g/mol. The lowest BCUT2D eigenvalue weighted by atomic mass is 10.2. The van der Waals surface area contributed by atoms with Crippen LogP contribution in [-0.4, -0.2) is 17.5 Å². The summed E-state index contributed by atoms with van der Waals surface area (Å²) in [7, 11) is 0. The highest BCUT2D eigenvalue weighted by Gasteiger charge is 2.09. The number of unbranched alkanes of at least 4 members (excludes halogenated alkanes) is 1. The molecule has 160 valence electrons. The molecule has 3 rings (SSSR count). The van der Waals surface area contributed by atoms with Crippen molar-refractivity contribution in [3.05, 3.63) is 94.0 Å². The fourth-order valence-corrected chi connectivity index (χ4v) is 2.68. The van der Waals surface area contributed by atoms with Crippen LogP contribution in [0.4, 0.5) is 5.69 Å². The molecular formula is C24H23NO6. The van der Waals surface area contributed by atoms with Gasteiger partial charge in [-0.3, -0.25) is 10.1 Å². The summed E-state index contributed by atoms with van der Waals surface area (Å²) in [6.45, 7) is 2.89. The first kappa shape index (κ1) is 21.8. The van der Waals surface area contributed by atoms with E-state index in [-0.39, 0.29) is 12.3 Å². The van der Waals surface area contributed by atoms with Gasteiger partial charge in [0.25, 0.3) is 5.69 Å². The van der Waals surface area contributed by atoms with Gasteiger partial charge in [-0.25, -0.2) is 4.79 Å². The Morgan fingerprint density at radius 3 is 2.03 bits per heavy atom. The van der Waals surface area contributed by atoms with E-state index in [2.05, 4.69) is 6.92 Å². The Bertz CT molecular complexity index is 998. The van der Waals surface area contributed by atoms with Gasteiger partial charge >= 0.3 is 5.97 Å². The van der Waals surface area contributed by atoms with Gasteiger partial charge in [0.2, 0.25) is 0 Å². The molecule has 3 aromatic rings. The summed E-state index contributed by atoms with van der Waals surface area (Å²) in [4.78, 5) is 22.5. The molecule has 3 aromatic carbocycles. The predicted octanol–water partition coefficient (Wildman–Crippen LogP) is 5.92. The van der Waals surface area contributed by atoms with Crippen molar-refractivity contribution in [1.29, 1.82) is 0 Å². The Kier molecular flexibility index (Phi) is 7.59. The minimum atomic E-state index is -0.463. The Balaban J connectivity index is 1.49. The minimum absolute atomic E-state index is 0.00294. The van der Waals surface area contributed by atoms with Gasteiger partial charge in [-0.15, -0.1) is 0 Å². The molecule has 0 radical (unpaired) electrons. The summed E-state index contributed by atoms with van der Waals surface area (Å²) in [5.41, 5.74) is 1.27. The number of ether oxygens (including phenoxy) is 3. The van der Waals surface area contributed by atoms with Crippen LogP contribution >= 0.6 is 0 Å². The van der Waals surface area contributed by atoms with Crippen molar-refractivity contribution < 1.29 is 23.9 Å². The van der Waals surface area contributed by atoms with Gasteiger partial charge in [-0.2, -0.15) is 0 Å². The first-order valence-electron chi connectivity index (χ1n) is 9.96. The van der Waals surface area contributed by atoms with Crippen molar-refractivity contribution >= 4 is 11.7 Å². The monoisotopic (exact) mass is 421 g/mol. The Hall–Kier alpha value is -3.87. The molecule has 0 unspecified atom stereocenters. The molecule has 0 aliphatic heterocycles. The van der Waals surface area contributed by atoms with E-state index in [1.807, 2.05) is 0 Å². The van der Waals surface area contributed by atoms with Crippen molar-refractivity contribution in [3.8, 4) is 17.2 Å². The molecule has 0 saturated carbocycles. The Labute approximate surface area is 180 Å². The molecule has 0 N–H and O–H groups in total. The van der Waals surface area contributed by atoms with Crippen LogP contribution in [0.25, 0.3) is 0 Å². The number of nitro groups is 1. The Morgan fingerprint density at radius 1 is 0.871 bits per heavy atom. The van der Waals surface area contributed by atoms with Crippen LogP contribution in [0, 0.1) is 10.1 Å². The second kappa shape index (κ2) is 10.8. The van der Waals surface area contributed by atoms with Crippen LogP contribution in [0.3, 0.4) is 0 Å². The van der Waals surface area contributed by atoms with Crippen molar-refractivity contribution in [2.75, 3.05) is 6.61 Å². The van der Waals surface area contributed by atoms with E-state index in [0.717, 1.165) is 24.2 Å². The molecular weight excluding hydrogens is 398 g/mol.